The third-order valence-electron chi connectivity index (χ3n) is 4.35. The number of hydrogen-bond acceptors (Lipinski definition) is 3. The van der Waals surface area contributed by atoms with Gasteiger partial charge < -0.3 is 9.30 Å². The minimum Gasteiger partial charge on any atom is -0.470 e. The van der Waals surface area contributed by atoms with E-state index in [0.29, 0.717) is 6.54 Å². The van der Waals surface area contributed by atoms with E-state index in [4.69, 9.17) is 4.74 Å². The molecule has 3 rings (SSSR count). The maximum Gasteiger partial charge on any atom is 0.258 e. The summed E-state index contributed by atoms with van der Waals surface area (Å²) < 4.78 is 35.3. The number of hydrogen-bond donors (Lipinski definition) is 0. The number of benzene rings is 1. The predicted molar refractivity (Wildman–Crippen MR) is 92.5 cm³/mol. The highest BCUT2D eigenvalue weighted by atomic mass is 19.1. The zero-order valence-electron chi connectivity index (χ0n) is 14.4. The number of fused-ring (bicyclic) bond motifs is 1. The summed E-state index contributed by atoms with van der Waals surface area (Å²) in [6, 6.07) is 3.73. The summed E-state index contributed by atoms with van der Waals surface area (Å²) in [5.74, 6) is -1.02. The number of rotatable bonds is 5. The van der Waals surface area contributed by atoms with Gasteiger partial charge in [-0.25, -0.2) is 8.78 Å². The van der Waals surface area contributed by atoms with Crippen LogP contribution >= 0.6 is 0 Å². The fraction of sp³-hybridized carbons (Fsp3) is 0.263. The Morgan fingerprint density at radius 3 is 2.60 bits per heavy atom. The van der Waals surface area contributed by atoms with E-state index in [1.807, 2.05) is 32.9 Å². The Morgan fingerprint density at radius 2 is 1.92 bits per heavy atom. The highest BCUT2D eigenvalue weighted by Crippen LogP contribution is 2.30. The Balaban J connectivity index is 2.03. The second kappa shape index (κ2) is 7.01. The fourth-order valence-corrected chi connectivity index (χ4v) is 2.81. The lowest BCUT2D eigenvalue weighted by Gasteiger charge is -2.10. The Hall–Kier alpha value is -2.76. The Labute approximate surface area is 144 Å². The second-order valence-corrected chi connectivity index (χ2v) is 5.79. The van der Waals surface area contributed by atoms with Crippen molar-refractivity contribution < 1.29 is 13.5 Å². The maximum absolute atomic E-state index is 13.8. The van der Waals surface area contributed by atoms with Gasteiger partial charge in [0, 0.05) is 17.6 Å². The number of aryl methyl sites for hydroxylation is 1. The van der Waals surface area contributed by atoms with Crippen LogP contribution in [0.5, 0.6) is 5.88 Å². The van der Waals surface area contributed by atoms with E-state index in [0.717, 1.165) is 22.2 Å². The smallest absolute Gasteiger partial charge is 0.258 e. The molecule has 0 atom stereocenters. The number of halogens is 2. The molecule has 0 spiro atoms. The predicted octanol–water partition coefficient (Wildman–Crippen LogP) is 4.48. The van der Waals surface area contributed by atoms with E-state index in [9.17, 15) is 8.78 Å². The third-order valence-corrected chi connectivity index (χ3v) is 4.35. The van der Waals surface area contributed by atoms with Crippen molar-refractivity contribution in [2.45, 2.75) is 33.9 Å². The van der Waals surface area contributed by atoms with Gasteiger partial charge in [0.15, 0.2) is 0 Å². The standard InChI is InChI=1S/C19H19F2N3O/c1-4-5-9-24-13(3)12(2)14-10-22-23-19(18(14)24)25-11-15-16(20)7-6-8-17(15)21/h4-8,10H,9,11H2,1-3H3/b5-4+. The van der Waals surface area contributed by atoms with E-state index in [2.05, 4.69) is 14.8 Å². The van der Waals surface area contributed by atoms with Crippen LogP contribution < -0.4 is 4.74 Å². The Bertz CT molecular complexity index is 927. The van der Waals surface area contributed by atoms with Crippen LogP contribution in [0.2, 0.25) is 0 Å². The molecule has 0 aliphatic rings. The van der Waals surface area contributed by atoms with Crippen molar-refractivity contribution in [3.8, 4) is 5.88 Å². The first kappa shape index (κ1) is 17.1. The highest BCUT2D eigenvalue weighted by molar-refractivity contribution is 5.88. The molecule has 0 saturated carbocycles. The minimum absolute atomic E-state index is 0.124. The van der Waals surface area contributed by atoms with Crippen LogP contribution in [0, 0.1) is 25.5 Å². The Morgan fingerprint density at radius 1 is 1.20 bits per heavy atom. The monoisotopic (exact) mass is 343 g/mol. The van der Waals surface area contributed by atoms with Crippen molar-refractivity contribution in [1.82, 2.24) is 14.8 Å². The minimum atomic E-state index is -0.642. The van der Waals surface area contributed by atoms with Crippen LogP contribution in [-0.4, -0.2) is 14.8 Å². The summed E-state index contributed by atoms with van der Waals surface area (Å²) in [5.41, 5.74) is 2.81. The van der Waals surface area contributed by atoms with Crippen LogP contribution in [0.4, 0.5) is 8.78 Å². The first-order chi connectivity index (χ1) is 12.0. The number of nitrogens with zero attached hydrogens (tertiary/aromatic N) is 3. The van der Waals surface area contributed by atoms with Gasteiger partial charge in [0.2, 0.25) is 0 Å². The molecule has 0 bridgehead atoms. The summed E-state index contributed by atoms with van der Waals surface area (Å²) in [6.07, 6.45) is 5.66. The van der Waals surface area contributed by atoms with Gasteiger partial charge in [-0.05, 0) is 38.5 Å². The van der Waals surface area contributed by atoms with Crippen molar-refractivity contribution in [2.75, 3.05) is 0 Å². The molecule has 0 radical (unpaired) electrons. The van der Waals surface area contributed by atoms with Gasteiger partial charge in [-0.1, -0.05) is 18.2 Å². The zero-order valence-corrected chi connectivity index (χ0v) is 14.4. The second-order valence-electron chi connectivity index (χ2n) is 5.79. The molecule has 25 heavy (non-hydrogen) atoms. The molecule has 3 aromatic rings. The third kappa shape index (κ3) is 3.12. The Kier molecular flexibility index (Phi) is 4.79. The van der Waals surface area contributed by atoms with Crippen LogP contribution in [0.25, 0.3) is 10.9 Å². The summed E-state index contributed by atoms with van der Waals surface area (Å²) in [5, 5.41) is 8.93. The lowest BCUT2D eigenvalue weighted by molar-refractivity contribution is 0.281. The van der Waals surface area contributed by atoms with E-state index in [1.54, 1.807) is 6.20 Å². The molecule has 6 heteroatoms. The molecule has 0 aliphatic heterocycles. The quantitative estimate of drug-likeness (QED) is 0.641. The summed E-state index contributed by atoms with van der Waals surface area (Å²) in [4.78, 5) is 0. The van der Waals surface area contributed by atoms with Crippen LogP contribution in [0.15, 0.2) is 36.5 Å². The van der Waals surface area contributed by atoms with Crippen LogP contribution in [0.1, 0.15) is 23.7 Å². The average Bonchev–Trinajstić information content (AvgIpc) is 2.84. The lowest BCUT2D eigenvalue weighted by atomic mass is 10.2. The maximum atomic E-state index is 13.8. The molecular formula is C19H19F2N3O. The molecule has 130 valence electrons. The molecule has 4 nitrogen and oxygen atoms in total. The molecule has 0 amide bonds. The van der Waals surface area contributed by atoms with Crippen molar-refractivity contribution in [1.29, 1.82) is 0 Å². The first-order valence-corrected chi connectivity index (χ1v) is 8.02. The van der Waals surface area contributed by atoms with Crippen LogP contribution in [-0.2, 0) is 13.2 Å². The van der Waals surface area contributed by atoms with Gasteiger partial charge >= 0.3 is 0 Å². The van der Waals surface area contributed by atoms with E-state index in [-0.39, 0.29) is 18.1 Å². The van der Waals surface area contributed by atoms with E-state index in [1.165, 1.54) is 18.2 Å². The molecule has 2 heterocycles. The SMILES string of the molecule is C/C=C/Cn1c(C)c(C)c2cnnc(OCc3c(F)cccc3F)c21. The van der Waals surface area contributed by atoms with Gasteiger partial charge in [0.25, 0.3) is 5.88 Å². The molecule has 0 saturated heterocycles. The number of aromatic nitrogens is 3. The van der Waals surface area contributed by atoms with E-state index >= 15 is 0 Å². The number of allylic oxidation sites excluding steroid dienone is 2. The summed E-state index contributed by atoms with van der Waals surface area (Å²) in [7, 11) is 0. The van der Waals surface area contributed by atoms with Gasteiger partial charge in [-0.15, -0.1) is 5.10 Å². The van der Waals surface area contributed by atoms with Crippen molar-refractivity contribution in [3.63, 3.8) is 0 Å². The zero-order chi connectivity index (χ0) is 18.0. The first-order valence-electron chi connectivity index (χ1n) is 8.02. The van der Waals surface area contributed by atoms with Crippen LogP contribution in [0.3, 0.4) is 0 Å². The molecule has 0 N–H and O–H groups in total. The fourth-order valence-electron chi connectivity index (χ4n) is 2.81. The molecule has 2 aromatic heterocycles. The molecule has 0 aliphatic carbocycles. The van der Waals surface area contributed by atoms with E-state index < -0.39 is 11.6 Å². The molecule has 1 aromatic carbocycles. The highest BCUT2D eigenvalue weighted by Gasteiger charge is 2.17. The molecule has 0 fully saturated rings. The largest absolute Gasteiger partial charge is 0.470 e. The van der Waals surface area contributed by atoms with Crippen molar-refractivity contribution >= 4 is 10.9 Å². The normalized spacial score (nSPS) is 11.6. The van der Waals surface area contributed by atoms with Crippen molar-refractivity contribution in [2.24, 2.45) is 0 Å². The summed E-state index contributed by atoms with van der Waals surface area (Å²) in [6.45, 7) is 6.37. The van der Waals surface area contributed by atoms with Crippen molar-refractivity contribution in [3.05, 3.63) is 65.0 Å². The number of ether oxygens (including phenoxy) is 1. The topological polar surface area (TPSA) is 39.9 Å². The summed E-state index contributed by atoms with van der Waals surface area (Å²) >= 11 is 0. The van der Waals surface area contributed by atoms with Gasteiger partial charge in [0.05, 0.1) is 11.8 Å². The lowest BCUT2D eigenvalue weighted by Crippen LogP contribution is -2.06. The van der Waals surface area contributed by atoms with Gasteiger partial charge in [-0.3, -0.25) is 0 Å². The average molecular weight is 343 g/mol. The van der Waals surface area contributed by atoms with Gasteiger partial charge in [-0.2, -0.15) is 5.10 Å². The molecule has 0 unspecified atom stereocenters. The van der Waals surface area contributed by atoms with Gasteiger partial charge in [0.1, 0.15) is 23.8 Å². The molecular weight excluding hydrogens is 324 g/mol.